The molecule has 6 nitrogen and oxygen atoms in total. The fourth-order valence-electron chi connectivity index (χ4n) is 2.62. The molecule has 3 rings (SSSR count). The normalized spacial score (nSPS) is 11.5. The summed E-state index contributed by atoms with van der Waals surface area (Å²) in [4.78, 5) is 24.9. The van der Waals surface area contributed by atoms with Gasteiger partial charge in [0.25, 0.3) is 5.91 Å². The number of furan rings is 1. The molecule has 3 aromatic rings. The molecule has 0 aliphatic carbocycles. The van der Waals surface area contributed by atoms with Gasteiger partial charge in [0.2, 0.25) is 5.91 Å². The monoisotopic (exact) mass is 393 g/mol. The third-order valence-corrected chi connectivity index (χ3v) is 5.12. The number of amides is 2. The predicted molar refractivity (Wildman–Crippen MR) is 109 cm³/mol. The van der Waals surface area contributed by atoms with Gasteiger partial charge >= 0.3 is 0 Å². The van der Waals surface area contributed by atoms with Crippen LogP contribution in [0, 0.1) is 11.3 Å². The zero-order valence-electron chi connectivity index (χ0n) is 15.1. The van der Waals surface area contributed by atoms with Crippen LogP contribution >= 0.6 is 11.8 Å². The molecule has 0 radical (unpaired) electrons. The summed E-state index contributed by atoms with van der Waals surface area (Å²) in [5.74, 6) is 0.370. The van der Waals surface area contributed by atoms with Gasteiger partial charge < -0.3 is 15.1 Å². The molecule has 0 unspecified atom stereocenters. The first kappa shape index (κ1) is 19.5. The molecule has 0 aliphatic rings. The van der Waals surface area contributed by atoms with Crippen molar-refractivity contribution in [1.29, 1.82) is 5.26 Å². The minimum atomic E-state index is -0.775. The minimum Gasteiger partial charge on any atom is -0.451 e. The van der Waals surface area contributed by atoms with Gasteiger partial charge in [0.1, 0.15) is 18.2 Å². The van der Waals surface area contributed by atoms with Gasteiger partial charge in [-0.3, -0.25) is 9.59 Å². The topological polar surface area (TPSA) is 95.1 Å². The number of fused-ring (bicyclic) bond motifs is 1. The molecule has 0 saturated heterocycles. The molecule has 142 valence electrons. The average Bonchev–Trinajstić information content (AvgIpc) is 3.16. The number of hydrogen-bond acceptors (Lipinski definition) is 5. The van der Waals surface area contributed by atoms with Crippen molar-refractivity contribution in [2.24, 2.45) is 0 Å². The molecule has 0 fully saturated rings. The number of carbonyl (C=O) groups excluding carboxylic acids is 2. The highest BCUT2D eigenvalue weighted by Crippen LogP contribution is 2.19. The van der Waals surface area contributed by atoms with Crippen LogP contribution in [-0.4, -0.2) is 30.2 Å². The van der Waals surface area contributed by atoms with Crippen molar-refractivity contribution in [3.63, 3.8) is 0 Å². The van der Waals surface area contributed by atoms with Crippen LogP contribution in [0.3, 0.4) is 0 Å². The number of hydrogen-bond donors (Lipinski definition) is 2. The van der Waals surface area contributed by atoms with E-state index in [0.29, 0.717) is 17.1 Å². The zero-order valence-corrected chi connectivity index (χ0v) is 15.9. The molecule has 2 aromatic carbocycles. The quantitative estimate of drug-likeness (QED) is 0.574. The minimum absolute atomic E-state index is 0.112. The van der Waals surface area contributed by atoms with Crippen molar-refractivity contribution >= 4 is 34.5 Å². The SMILES string of the molecule is N#CCNC(=O)[C@H](CSCc1ccccc1)NC(=O)c1cc2ccccc2o1. The maximum atomic E-state index is 12.6. The largest absolute Gasteiger partial charge is 0.451 e. The number of benzene rings is 2. The van der Waals surface area contributed by atoms with E-state index in [1.165, 1.54) is 11.8 Å². The summed E-state index contributed by atoms with van der Waals surface area (Å²) in [5.41, 5.74) is 1.74. The molecule has 0 spiro atoms. The second-order valence-corrected chi connectivity index (χ2v) is 7.08. The number of thioether (sulfide) groups is 1. The number of nitrogens with one attached hydrogen (secondary N) is 2. The second-order valence-electron chi connectivity index (χ2n) is 6.05. The number of nitrogens with zero attached hydrogens (tertiary/aromatic N) is 1. The summed E-state index contributed by atoms with van der Waals surface area (Å²) in [7, 11) is 0. The van der Waals surface area contributed by atoms with Crippen LogP contribution in [0.25, 0.3) is 11.0 Å². The van der Waals surface area contributed by atoms with Gasteiger partial charge in [-0.1, -0.05) is 48.5 Å². The lowest BCUT2D eigenvalue weighted by molar-refractivity contribution is -0.122. The van der Waals surface area contributed by atoms with Gasteiger partial charge in [0, 0.05) is 16.9 Å². The van der Waals surface area contributed by atoms with Gasteiger partial charge in [0.15, 0.2) is 5.76 Å². The summed E-state index contributed by atoms with van der Waals surface area (Å²) in [6.45, 7) is -0.112. The fourth-order valence-corrected chi connectivity index (χ4v) is 3.64. The van der Waals surface area contributed by atoms with Gasteiger partial charge in [-0.05, 0) is 17.7 Å². The number of para-hydroxylation sites is 1. The first-order chi connectivity index (χ1) is 13.7. The van der Waals surface area contributed by atoms with E-state index in [-0.39, 0.29) is 12.3 Å². The predicted octanol–water partition coefficient (Wildman–Crippen LogP) is 3.10. The molecular weight excluding hydrogens is 374 g/mol. The molecule has 2 amide bonds. The van der Waals surface area contributed by atoms with Crippen molar-refractivity contribution in [3.05, 3.63) is 72.0 Å². The van der Waals surface area contributed by atoms with Crippen LogP contribution in [0.4, 0.5) is 0 Å². The van der Waals surface area contributed by atoms with E-state index in [0.717, 1.165) is 10.9 Å². The Morgan fingerprint density at radius 1 is 1.11 bits per heavy atom. The molecule has 7 heteroatoms. The van der Waals surface area contributed by atoms with Crippen LogP contribution in [0.1, 0.15) is 16.1 Å². The third kappa shape index (κ3) is 5.15. The number of rotatable bonds is 8. The highest BCUT2D eigenvalue weighted by molar-refractivity contribution is 7.98. The maximum absolute atomic E-state index is 12.6. The summed E-state index contributed by atoms with van der Waals surface area (Å²) in [6.07, 6.45) is 0. The van der Waals surface area contributed by atoms with E-state index in [2.05, 4.69) is 10.6 Å². The van der Waals surface area contributed by atoms with E-state index in [9.17, 15) is 9.59 Å². The molecule has 0 bridgehead atoms. The van der Waals surface area contributed by atoms with E-state index >= 15 is 0 Å². The maximum Gasteiger partial charge on any atom is 0.287 e. The van der Waals surface area contributed by atoms with Crippen LogP contribution in [0.2, 0.25) is 0 Å². The lowest BCUT2D eigenvalue weighted by Crippen LogP contribution is -2.48. The summed E-state index contributed by atoms with van der Waals surface area (Å²) < 4.78 is 5.56. The van der Waals surface area contributed by atoms with Crippen molar-refractivity contribution in [2.75, 3.05) is 12.3 Å². The Kier molecular flexibility index (Phi) is 6.71. The molecule has 1 aromatic heterocycles. The molecule has 1 atom stereocenters. The van der Waals surface area contributed by atoms with Crippen molar-refractivity contribution < 1.29 is 14.0 Å². The summed E-state index contributed by atoms with van der Waals surface area (Å²) in [6, 6.07) is 19.9. The highest BCUT2D eigenvalue weighted by Gasteiger charge is 2.23. The summed E-state index contributed by atoms with van der Waals surface area (Å²) >= 11 is 1.53. The first-order valence-electron chi connectivity index (χ1n) is 8.73. The number of carbonyl (C=O) groups is 2. The Morgan fingerprint density at radius 2 is 1.86 bits per heavy atom. The van der Waals surface area contributed by atoms with Gasteiger partial charge in [-0.2, -0.15) is 17.0 Å². The smallest absolute Gasteiger partial charge is 0.287 e. The molecule has 1 heterocycles. The molecule has 28 heavy (non-hydrogen) atoms. The van der Waals surface area contributed by atoms with E-state index < -0.39 is 17.9 Å². The van der Waals surface area contributed by atoms with Crippen molar-refractivity contribution in [3.8, 4) is 6.07 Å². The second kappa shape index (κ2) is 9.62. The summed E-state index contributed by atoms with van der Waals surface area (Å²) in [5, 5.41) is 14.7. The third-order valence-electron chi connectivity index (χ3n) is 4.01. The molecule has 0 aliphatic heterocycles. The molecule has 2 N–H and O–H groups in total. The van der Waals surface area contributed by atoms with E-state index in [4.69, 9.17) is 9.68 Å². The van der Waals surface area contributed by atoms with Crippen molar-refractivity contribution in [2.45, 2.75) is 11.8 Å². The van der Waals surface area contributed by atoms with Gasteiger partial charge in [0.05, 0.1) is 6.07 Å². The van der Waals surface area contributed by atoms with E-state index in [1.54, 1.807) is 12.1 Å². The fraction of sp³-hybridized carbons (Fsp3) is 0.190. The van der Waals surface area contributed by atoms with Crippen LogP contribution in [0.15, 0.2) is 65.1 Å². The van der Waals surface area contributed by atoms with Gasteiger partial charge in [-0.25, -0.2) is 0 Å². The standard InChI is InChI=1S/C21H19N3O3S/c22-10-11-23-20(25)17(14-28-13-15-6-2-1-3-7-15)24-21(26)19-12-16-8-4-5-9-18(16)27-19/h1-9,12,17H,11,13-14H2,(H,23,25)(H,24,26)/t17-/m0/s1. The Bertz CT molecular complexity index is 962. The highest BCUT2D eigenvalue weighted by atomic mass is 32.2. The van der Waals surface area contributed by atoms with E-state index in [1.807, 2.05) is 54.6 Å². The number of nitriles is 1. The van der Waals surface area contributed by atoms with Crippen LogP contribution < -0.4 is 10.6 Å². The average molecular weight is 393 g/mol. The Balaban J connectivity index is 1.65. The first-order valence-corrected chi connectivity index (χ1v) is 9.88. The Hall–Kier alpha value is -3.24. The molecule has 0 saturated carbocycles. The lowest BCUT2D eigenvalue weighted by atomic mass is 10.2. The van der Waals surface area contributed by atoms with Crippen LogP contribution in [0.5, 0.6) is 0 Å². The van der Waals surface area contributed by atoms with Crippen molar-refractivity contribution in [1.82, 2.24) is 10.6 Å². The van der Waals surface area contributed by atoms with Gasteiger partial charge in [-0.15, -0.1) is 0 Å². The zero-order chi connectivity index (χ0) is 19.8. The van der Waals surface area contributed by atoms with Crippen LogP contribution in [-0.2, 0) is 10.5 Å². The molecular formula is C21H19N3O3S. The lowest BCUT2D eigenvalue weighted by Gasteiger charge is -2.16. The Morgan fingerprint density at radius 3 is 2.61 bits per heavy atom. The Labute approximate surface area is 166 Å².